The van der Waals surface area contributed by atoms with Crippen LogP contribution in [0.25, 0.3) is 0 Å². The third-order valence-corrected chi connectivity index (χ3v) is 19.4. The fraction of sp³-hybridized carbons (Fsp3) is 0.325. The quantitative estimate of drug-likeness (QED) is 0.0310. The van der Waals surface area contributed by atoms with Crippen LogP contribution in [0.2, 0.25) is 0 Å². The first kappa shape index (κ1) is 80.3. The highest BCUT2D eigenvalue weighted by molar-refractivity contribution is 6.02. The Balaban J connectivity index is 0.715. The molecule has 3 saturated heterocycles. The number of hydrogen-bond acceptors (Lipinski definition) is 13. The highest BCUT2D eigenvalue weighted by Gasteiger charge is 2.66. The lowest BCUT2D eigenvalue weighted by molar-refractivity contribution is -0.333. The minimum atomic E-state index is -4.98. The van der Waals surface area contributed by atoms with Gasteiger partial charge in [0.05, 0.1) is 24.6 Å². The van der Waals surface area contributed by atoms with Gasteiger partial charge in [0.2, 0.25) is 17.6 Å². The molecule has 9 aromatic rings. The van der Waals surface area contributed by atoms with Gasteiger partial charge in [-0.2, -0.15) is 26.3 Å². The minimum Gasteiger partial charge on any atom is -0.437 e. The van der Waals surface area contributed by atoms with Gasteiger partial charge in [-0.25, -0.2) is 46.9 Å². The van der Waals surface area contributed by atoms with Crippen molar-refractivity contribution >= 4 is 52.2 Å². The molecule has 0 spiro atoms. The molecule has 0 saturated carbocycles. The van der Waals surface area contributed by atoms with Crippen molar-refractivity contribution in [1.82, 2.24) is 19.9 Å². The molecule has 6 heterocycles. The Kier molecular flexibility index (Phi) is 22.6. The molecular weight excluding hydrogens is 1490 g/mol. The van der Waals surface area contributed by atoms with E-state index in [1.54, 1.807) is 53.7 Å². The summed E-state index contributed by atoms with van der Waals surface area (Å²) in [6.07, 6.45) is -12.9. The number of ether oxygens (including phenoxy) is 6. The van der Waals surface area contributed by atoms with Crippen LogP contribution in [0.4, 0.5) is 106 Å². The summed E-state index contributed by atoms with van der Waals surface area (Å²) in [6, 6.07) is 32.2. The number of para-hydroxylation sites is 1. The molecule has 6 aromatic carbocycles. The molecule has 3 fully saturated rings. The van der Waals surface area contributed by atoms with Crippen LogP contribution in [0.3, 0.4) is 0 Å². The number of hydrogen-bond donors (Lipinski definition) is 6. The van der Waals surface area contributed by atoms with E-state index in [9.17, 15) is 36.3 Å². The molecule has 0 radical (unpaired) electrons. The van der Waals surface area contributed by atoms with Gasteiger partial charge in [-0.1, -0.05) is 77.1 Å². The lowest BCUT2D eigenvalue weighted by Crippen LogP contribution is -2.66. The second kappa shape index (κ2) is 31.5. The van der Waals surface area contributed by atoms with E-state index in [1.165, 1.54) is 126 Å². The normalized spacial score (nSPS) is 18.5. The Morgan fingerprint density at radius 3 is 1.42 bits per heavy atom. The number of halogens is 13. The van der Waals surface area contributed by atoms with E-state index in [0.717, 1.165) is 43.3 Å². The van der Waals surface area contributed by atoms with E-state index in [0.29, 0.717) is 27.9 Å². The molecule has 3 aliphatic heterocycles. The standard InChI is InChI=1S/C80H75F13N10O9/c1-45(38-48-17-28-65(55(40-48)75(78(85,86)87)30-35-103(75)44-73(4,5)6)110-68-61(13-10-34-95-68)100-70(104)97-52-21-23-53(24-22-52)112-80(91,92)93)50-19-27-60(58(82)42-50)99-72(106)102-63-25-16-47(3)96-69(63)111-66-29-18-49(41-56(66)77(32-37-108-77)79(88,89)90)39-46(2)51-20-26-59(57(81)43-51)98-71(105)101-62-14-11-33-94-67(62)109-64-15-9-8-12-54(64)76(31-36-107-76)74(7,83)84/h8-29,33-34,40-43,45-46H,30-32,35-39,44H2,1-7H3,(H2,97,100,104)(H2,98,101,105)(H2,99,102,106). The molecule has 0 aliphatic carbocycles. The molecule has 3 aromatic heterocycles. The Labute approximate surface area is 633 Å². The predicted molar refractivity (Wildman–Crippen MR) is 390 cm³/mol. The summed E-state index contributed by atoms with van der Waals surface area (Å²) in [6.45, 7) is 11.1. The number of anilines is 6. The number of aryl methyl sites for hydroxylation is 1. The predicted octanol–water partition coefficient (Wildman–Crippen LogP) is 21.3. The number of nitrogens with one attached hydrogen (secondary N) is 6. The van der Waals surface area contributed by atoms with Crippen molar-refractivity contribution in [2.45, 2.75) is 134 Å². The van der Waals surface area contributed by atoms with Gasteiger partial charge in [0.1, 0.15) is 57.2 Å². The zero-order chi connectivity index (χ0) is 80.5. The fourth-order valence-electron chi connectivity index (χ4n) is 13.7. The van der Waals surface area contributed by atoms with Gasteiger partial charge in [-0.15, -0.1) is 13.2 Å². The Morgan fingerprint density at radius 2 is 0.964 bits per heavy atom. The lowest BCUT2D eigenvalue weighted by Gasteiger charge is -2.55. The monoisotopic (exact) mass is 1570 g/mol. The number of benzene rings is 6. The topological polar surface area (TPSA) is 221 Å². The number of nitrogens with zero attached hydrogens (tertiary/aromatic N) is 4. The van der Waals surface area contributed by atoms with E-state index >= 15 is 35.1 Å². The molecular formula is C80H75F13N10O9. The fourth-order valence-corrected chi connectivity index (χ4v) is 13.7. The summed E-state index contributed by atoms with van der Waals surface area (Å²) >= 11 is 0. The number of pyridine rings is 3. The van der Waals surface area contributed by atoms with Gasteiger partial charge >= 0.3 is 36.8 Å². The van der Waals surface area contributed by atoms with E-state index in [4.69, 9.17) is 23.7 Å². The summed E-state index contributed by atoms with van der Waals surface area (Å²) in [5.41, 5.74) is -7.53. The molecule has 32 heteroatoms. The number of likely N-dealkylation sites (tertiary alicyclic amines) is 1. The number of urea groups is 3. The van der Waals surface area contributed by atoms with Gasteiger partial charge in [-0.3, -0.25) is 4.90 Å². The number of aromatic nitrogens is 3. The van der Waals surface area contributed by atoms with Crippen molar-refractivity contribution in [2.24, 2.45) is 5.41 Å². The van der Waals surface area contributed by atoms with Gasteiger partial charge < -0.3 is 60.3 Å². The third kappa shape index (κ3) is 17.6. The molecule has 3 aliphatic rings. The molecule has 5 atom stereocenters. The van der Waals surface area contributed by atoms with Crippen molar-refractivity contribution in [3.63, 3.8) is 0 Å². The van der Waals surface area contributed by atoms with Crippen LogP contribution in [0.5, 0.6) is 40.6 Å². The van der Waals surface area contributed by atoms with Crippen LogP contribution in [0, 0.1) is 24.0 Å². The maximum Gasteiger partial charge on any atom is 0.573 e. The first-order valence-corrected chi connectivity index (χ1v) is 35.3. The van der Waals surface area contributed by atoms with Crippen LogP contribution in [0.15, 0.2) is 170 Å². The van der Waals surface area contributed by atoms with E-state index < -0.39 is 106 Å². The van der Waals surface area contributed by atoms with Crippen molar-refractivity contribution < 1.29 is 99.9 Å². The zero-order valence-corrected chi connectivity index (χ0v) is 61.1. The van der Waals surface area contributed by atoms with E-state index in [-0.39, 0.29) is 132 Å². The molecule has 12 rings (SSSR count). The molecule has 6 amide bonds. The van der Waals surface area contributed by atoms with Crippen molar-refractivity contribution in [1.29, 1.82) is 0 Å². The van der Waals surface area contributed by atoms with Gasteiger partial charge in [0, 0.05) is 73.3 Å². The highest BCUT2D eigenvalue weighted by atomic mass is 19.4. The van der Waals surface area contributed by atoms with Crippen molar-refractivity contribution in [2.75, 3.05) is 58.2 Å². The smallest absolute Gasteiger partial charge is 0.437 e. The number of carbonyl (C=O) groups excluding carboxylic acids is 3. The average Bonchev–Trinajstić information content (AvgIpc) is 0.715. The van der Waals surface area contributed by atoms with Crippen LogP contribution < -0.4 is 50.8 Å². The molecule has 112 heavy (non-hydrogen) atoms. The Hall–Kier alpha value is -11.3. The van der Waals surface area contributed by atoms with Crippen LogP contribution in [-0.2, 0) is 39.1 Å². The molecule has 5 unspecified atom stereocenters. The van der Waals surface area contributed by atoms with Gasteiger partial charge in [0.25, 0.3) is 5.92 Å². The maximum absolute atomic E-state index is 16.3. The SMILES string of the molecule is Cc1ccc(NC(=O)Nc2ccc(C(C)Cc3ccc(Oc4ncccc4NC(=O)Nc4ccc(OC(F)(F)F)cc4)c(C4(C(F)(F)F)CCN4CC(C)(C)C)c3)cc2F)c(Oc2ccc(CC(C)c3ccc(NC(=O)Nc4cccnc4Oc4ccccc4C4(C(C)(F)F)CCO4)c(F)c3)cc2C2(C(F)(F)F)CCO2)n1. The first-order valence-electron chi connectivity index (χ1n) is 35.3. The summed E-state index contributed by atoms with van der Waals surface area (Å²) in [7, 11) is 0. The largest absolute Gasteiger partial charge is 0.573 e. The Morgan fingerprint density at radius 1 is 0.500 bits per heavy atom. The number of amides is 6. The number of alkyl halides is 11. The summed E-state index contributed by atoms with van der Waals surface area (Å²) in [5, 5.41) is 14.9. The molecule has 19 nitrogen and oxygen atoms in total. The summed E-state index contributed by atoms with van der Waals surface area (Å²) in [5.74, 6) is -8.17. The Bertz CT molecular complexity index is 4970. The average molecular weight is 1570 g/mol. The zero-order valence-electron chi connectivity index (χ0n) is 61.1. The maximum atomic E-state index is 16.3. The van der Waals surface area contributed by atoms with Crippen LogP contribution in [0.1, 0.15) is 117 Å². The van der Waals surface area contributed by atoms with Crippen molar-refractivity contribution in [3.8, 4) is 40.6 Å². The van der Waals surface area contributed by atoms with E-state index in [2.05, 4.69) is 51.6 Å². The number of rotatable bonds is 24. The highest BCUT2D eigenvalue weighted by Crippen LogP contribution is 2.58. The molecule has 590 valence electrons. The second-order valence-electron chi connectivity index (χ2n) is 28.8. The van der Waals surface area contributed by atoms with Crippen molar-refractivity contribution in [3.05, 3.63) is 226 Å². The second-order valence-corrected chi connectivity index (χ2v) is 28.8. The van der Waals surface area contributed by atoms with Gasteiger partial charge in [0.15, 0.2) is 11.2 Å². The van der Waals surface area contributed by atoms with Crippen LogP contribution in [-0.4, -0.2) is 88.9 Å². The van der Waals surface area contributed by atoms with Crippen LogP contribution >= 0.6 is 0 Å². The lowest BCUT2D eigenvalue weighted by atomic mass is 9.74. The number of carbonyl (C=O) groups is 3. The van der Waals surface area contributed by atoms with Gasteiger partial charge in [-0.05, 0) is 181 Å². The van der Waals surface area contributed by atoms with E-state index in [1.807, 2.05) is 0 Å². The minimum absolute atomic E-state index is 0.00496. The summed E-state index contributed by atoms with van der Waals surface area (Å²) in [4.78, 5) is 54.5. The first-order chi connectivity index (χ1) is 52.8. The third-order valence-electron chi connectivity index (χ3n) is 19.4. The molecule has 6 N–H and O–H groups in total. The summed E-state index contributed by atoms with van der Waals surface area (Å²) < 4.78 is 227. The molecule has 0 bridgehead atoms.